The Kier molecular flexibility index (Phi) is 6.63. The van der Waals surface area contributed by atoms with Gasteiger partial charge in [-0.2, -0.15) is 15.2 Å². The van der Waals surface area contributed by atoms with Crippen molar-refractivity contribution in [3.05, 3.63) is 46.2 Å². The molecule has 5 atom stereocenters. The SMILES string of the molecule is CC(Oc1cc(OC2CNC2(C)C)nc(-c2noc3c2CCCC32CCc3ccc(N)c(C#N)c32)n1)C1CC(F)CN1C. The molecule has 4 aliphatic rings. The van der Waals surface area contributed by atoms with Crippen molar-refractivity contribution >= 4 is 5.69 Å². The van der Waals surface area contributed by atoms with Crippen molar-refractivity contribution in [3.8, 4) is 29.3 Å². The molecule has 0 amide bonds. The molecule has 0 bridgehead atoms. The van der Waals surface area contributed by atoms with Gasteiger partial charge in [0, 0.05) is 30.4 Å². The quantitative estimate of drug-likeness (QED) is 0.406. The number of nitrogen functional groups attached to an aromatic ring is 1. The zero-order chi connectivity index (χ0) is 30.1. The lowest BCUT2D eigenvalue weighted by Gasteiger charge is -2.44. The minimum atomic E-state index is -0.874. The number of benzene rings is 1. The number of nitrogens with two attached hydrogens (primary N) is 1. The summed E-state index contributed by atoms with van der Waals surface area (Å²) in [5.74, 6) is 1.87. The molecule has 2 aliphatic heterocycles. The van der Waals surface area contributed by atoms with E-state index in [-0.39, 0.29) is 23.8 Å². The minimum absolute atomic E-state index is 0.0728. The number of nitriles is 1. The predicted octanol–water partition coefficient (Wildman–Crippen LogP) is 4.09. The van der Waals surface area contributed by atoms with Crippen LogP contribution in [0.4, 0.5) is 10.1 Å². The fraction of sp³-hybridized carbons (Fsp3) is 0.562. The second-order valence-electron chi connectivity index (χ2n) is 13.2. The predicted molar refractivity (Wildman–Crippen MR) is 158 cm³/mol. The lowest BCUT2D eigenvalue weighted by Crippen LogP contribution is -2.67. The number of anilines is 1. The van der Waals surface area contributed by atoms with Gasteiger partial charge in [0.15, 0.2) is 17.3 Å². The number of fused-ring (bicyclic) bond motifs is 4. The Labute approximate surface area is 250 Å². The summed E-state index contributed by atoms with van der Waals surface area (Å²) >= 11 is 0. The molecule has 0 radical (unpaired) electrons. The van der Waals surface area contributed by atoms with Crippen LogP contribution in [0, 0.1) is 11.3 Å². The molecule has 1 spiro atoms. The first-order valence-electron chi connectivity index (χ1n) is 15.2. The summed E-state index contributed by atoms with van der Waals surface area (Å²) in [6.45, 7) is 7.20. The van der Waals surface area contributed by atoms with E-state index >= 15 is 0 Å². The van der Waals surface area contributed by atoms with E-state index in [1.54, 1.807) is 6.07 Å². The van der Waals surface area contributed by atoms with Crippen molar-refractivity contribution in [1.82, 2.24) is 25.3 Å². The molecule has 11 heteroatoms. The fourth-order valence-corrected chi connectivity index (χ4v) is 7.60. The number of rotatable bonds is 6. The second kappa shape index (κ2) is 10.2. The van der Waals surface area contributed by atoms with E-state index in [4.69, 9.17) is 29.7 Å². The number of nitrogens with one attached hydrogen (secondary N) is 1. The Morgan fingerprint density at radius 3 is 2.74 bits per heavy atom. The molecule has 0 saturated carbocycles. The van der Waals surface area contributed by atoms with Gasteiger partial charge >= 0.3 is 0 Å². The Morgan fingerprint density at radius 1 is 1.23 bits per heavy atom. The lowest BCUT2D eigenvalue weighted by atomic mass is 9.68. The van der Waals surface area contributed by atoms with Gasteiger partial charge in [-0.15, -0.1) is 0 Å². The molecule has 10 nitrogen and oxygen atoms in total. The van der Waals surface area contributed by atoms with E-state index in [0.29, 0.717) is 54.0 Å². The number of ether oxygens (including phenoxy) is 2. The molecule has 2 aromatic heterocycles. The standard InChI is InChI=1S/C32H38FN7O3/c1-17(23-12-19(33)16-40(23)4)41-25-13-26(42-24-15-36-31(24,2)3)38-30(37-25)28-20-6-5-10-32(29(20)43-39-28)11-9-18-7-8-22(35)21(14-34)27(18)32/h7-8,13,17,19,23-24,36H,5-6,9-12,15-16,35H2,1-4H3. The number of nitrogens with zero attached hydrogens (tertiary/aromatic N) is 5. The number of halogens is 1. The van der Waals surface area contributed by atoms with Crippen LogP contribution in [0.2, 0.25) is 0 Å². The van der Waals surface area contributed by atoms with Crippen LogP contribution in [0.15, 0.2) is 22.7 Å². The maximum Gasteiger partial charge on any atom is 0.221 e. The third kappa shape index (κ3) is 4.54. The summed E-state index contributed by atoms with van der Waals surface area (Å²) in [5, 5.41) is 18.0. The smallest absolute Gasteiger partial charge is 0.221 e. The largest absolute Gasteiger partial charge is 0.473 e. The highest BCUT2D eigenvalue weighted by molar-refractivity contribution is 5.68. The van der Waals surface area contributed by atoms with Gasteiger partial charge < -0.3 is 25.0 Å². The molecular weight excluding hydrogens is 549 g/mol. The van der Waals surface area contributed by atoms with Gasteiger partial charge in [-0.05, 0) is 83.5 Å². The lowest BCUT2D eigenvalue weighted by molar-refractivity contribution is 0.0261. The van der Waals surface area contributed by atoms with Gasteiger partial charge in [0.2, 0.25) is 11.8 Å². The van der Waals surface area contributed by atoms with Crippen molar-refractivity contribution in [3.63, 3.8) is 0 Å². The Morgan fingerprint density at radius 2 is 2.05 bits per heavy atom. The minimum Gasteiger partial charge on any atom is -0.473 e. The normalized spacial score (nSPS) is 28.1. The van der Waals surface area contributed by atoms with Crippen molar-refractivity contribution < 1.29 is 18.4 Å². The van der Waals surface area contributed by atoms with Gasteiger partial charge in [-0.25, -0.2) is 4.39 Å². The fourth-order valence-electron chi connectivity index (χ4n) is 7.60. The molecule has 3 N–H and O–H groups in total. The number of hydrogen-bond donors (Lipinski definition) is 2. The number of hydrogen-bond acceptors (Lipinski definition) is 10. The van der Waals surface area contributed by atoms with Gasteiger partial charge in [0.25, 0.3) is 0 Å². The number of alkyl halides is 1. The van der Waals surface area contributed by atoms with E-state index in [2.05, 4.69) is 30.4 Å². The average molecular weight is 588 g/mol. The summed E-state index contributed by atoms with van der Waals surface area (Å²) in [7, 11) is 1.92. The highest BCUT2D eigenvalue weighted by Gasteiger charge is 2.49. The Bertz CT molecular complexity index is 1620. The van der Waals surface area contributed by atoms with Crippen molar-refractivity contribution in [2.45, 2.75) is 94.7 Å². The number of likely N-dealkylation sites (tertiary alicyclic amines) is 1. The maximum atomic E-state index is 14.2. The first-order chi connectivity index (χ1) is 20.6. The average Bonchev–Trinajstić information content (AvgIpc) is 3.67. The highest BCUT2D eigenvalue weighted by atomic mass is 19.1. The molecule has 4 heterocycles. The number of aromatic nitrogens is 3. The topological polar surface area (TPSA) is 135 Å². The molecule has 3 aromatic rings. The van der Waals surface area contributed by atoms with E-state index in [1.807, 2.05) is 31.0 Å². The van der Waals surface area contributed by atoms with E-state index in [9.17, 15) is 9.65 Å². The summed E-state index contributed by atoms with van der Waals surface area (Å²) < 4.78 is 33.0. The van der Waals surface area contributed by atoms with Crippen LogP contribution in [-0.2, 0) is 18.3 Å². The van der Waals surface area contributed by atoms with Crippen LogP contribution in [0.1, 0.15) is 74.5 Å². The molecule has 43 heavy (non-hydrogen) atoms. The van der Waals surface area contributed by atoms with E-state index in [0.717, 1.165) is 54.6 Å². The molecule has 1 aromatic carbocycles. The Hall–Kier alpha value is -3.75. The van der Waals surface area contributed by atoms with Gasteiger partial charge in [0.05, 0.1) is 22.6 Å². The van der Waals surface area contributed by atoms with Gasteiger partial charge in [-0.1, -0.05) is 11.2 Å². The van der Waals surface area contributed by atoms with Gasteiger partial charge in [0.1, 0.15) is 24.4 Å². The maximum absolute atomic E-state index is 14.2. The van der Waals surface area contributed by atoms with Crippen LogP contribution >= 0.6 is 0 Å². The molecule has 226 valence electrons. The molecule has 5 unspecified atom stereocenters. The first-order valence-corrected chi connectivity index (χ1v) is 15.2. The van der Waals surface area contributed by atoms with Crippen LogP contribution in [-0.4, -0.2) is 70.1 Å². The number of likely N-dealkylation sites (N-methyl/N-ethyl adjacent to an activating group) is 1. The van der Waals surface area contributed by atoms with Crippen molar-refractivity contribution in [1.29, 1.82) is 5.26 Å². The van der Waals surface area contributed by atoms with Crippen LogP contribution in [0.5, 0.6) is 11.8 Å². The van der Waals surface area contributed by atoms with E-state index < -0.39 is 11.6 Å². The summed E-state index contributed by atoms with van der Waals surface area (Å²) in [6.07, 6.45) is 3.33. The summed E-state index contributed by atoms with van der Waals surface area (Å²) in [6, 6.07) is 7.85. The second-order valence-corrected chi connectivity index (χ2v) is 13.2. The van der Waals surface area contributed by atoms with Crippen LogP contribution < -0.4 is 20.5 Å². The van der Waals surface area contributed by atoms with Crippen LogP contribution in [0.3, 0.4) is 0 Å². The monoisotopic (exact) mass is 587 g/mol. The molecule has 2 aliphatic carbocycles. The third-order valence-electron chi connectivity index (χ3n) is 10.1. The van der Waals surface area contributed by atoms with E-state index in [1.165, 1.54) is 0 Å². The van der Waals surface area contributed by atoms with Crippen molar-refractivity contribution in [2.75, 3.05) is 25.9 Å². The zero-order valence-corrected chi connectivity index (χ0v) is 25.1. The molecular formula is C32H38FN7O3. The first kappa shape index (κ1) is 28.0. The highest BCUT2D eigenvalue weighted by Crippen LogP contribution is 2.54. The molecule has 7 rings (SSSR count). The van der Waals surface area contributed by atoms with Crippen LogP contribution in [0.25, 0.3) is 11.5 Å². The summed E-state index contributed by atoms with van der Waals surface area (Å²) in [5.41, 5.74) is 10.2. The summed E-state index contributed by atoms with van der Waals surface area (Å²) in [4.78, 5) is 11.6. The Balaban J connectivity index is 1.28. The van der Waals surface area contributed by atoms with Gasteiger partial charge in [-0.3, -0.25) is 4.90 Å². The number of aryl methyl sites for hydroxylation is 1. The third-order valence-corrected chi connectivity index (χ3v) is 10.1. The zero-order valence-electron chi connectivity index (χ0n) is 25.1. The van der Waals surface area contributed by atoms with Crippen molar-refractivity contribution in [2.24, 2.45) is 0 Å². The molecule has 2 fully saturated rings. The molecule has 2 saturated heterocycles.